The lowest BCUT2D eigenvalue weighted by molar-refractivity contribution is -0.383. The number of aromatic nitrogens is 2. The summed E-state index contributed by atoms with van der Waals surface area (Å²) in [4.78, 5) is 10.3. The summed E-state index contributed by atoms with van der Waals surface area (Å²) in [5.74, 6) is 0. The molecule has 0 spiro atoms. The lowest BCUT2D eigenvalue weighted by Crippen LogP contribution is -2.39. The van der Waals surface area contributed by atoms with Gasteiger partial charge in [0, 0.05) is 18.2 Å². The SMILES string of the molecule is CC(C)(CN)Nc1ccc([N+](=O)[O-])c2nonc12. The van der Waals surface area contributed by atoms with Crippen LogP contribution < -0.4 is 11.1 Å². The first-order valence-corrected chi connectivity index (χ1v) is 5.32. The van der Waals surface area contributed by atoms with Gasteiger partial charge in [-0.1, -0.05) is 0 Å². The van der Waals surface area contributed by atoms with E-state index in [1.165, 1.54) is 6.07 Å². The number of nitrogens with two attached hydrogens (primary N) is 1. The van der Waals surface area contributed by atoms with E-state index in [4.69, 9.17) is 5.73 Å². The third kappa shape index (κ3) is 2.09. The van der Waals surface area contributed by atoms with Gasteiger partial charge in [0.05, 0.1) is 10.6 Å². The van der Waals surface area contributed by atoms with Crippen molar-refractivity contribution >= 4 is 22.4 Å². The maximum Gasteiger partial charge on any atom is 0.300 e. The van der Waals surface area contributed by atoms with E-state index in [0.717, 1.165) is 0 Å². The summed E-state index contributed by atoms with van der Waals surface area (Å²) < 4.78 is 4.57. The third-order valence-corrected chi connectivity index (χ3v) is 2.57. The molecule has 0 amide bonds. The van der Waals surface area contributed by atoms with Crippen molar-refractivity contribution in [2.24, 2.45) is 5.73 Å². The second-order valence-corrected chi connectivity index (χ2v) is 4.56. The van der Waals surface area contributed by atoms with Gasteiger partial charge in [0.2, 0.25) is 5.52 Å². The molecule has 8 heteroatoms. The number of non-ortho nitro benzene ring substituents is 1. The molecule has 0 radical (unpaired) electrons. The number of anilines is 1. The van der Waals surface area contributed by atoms with Gasteiger partial charge < -0.3 is 11.1 Å². The van der Waals surface area contributed by atoms with E-state index in [1.54, 1.807) is 6.07 Å². The van der Waals surface area contributed by atoms with Crippen LogP contribution in [0.5, 0.6) is 0 Å². The molecule has 18 heavy (non-hydrogen) atoms. The Labute approximate surface area is 102 Å². The zero-order valence-electron chi connectivity index (χ0n) is 10.0. The lowest BCUT2D eigenvalue weighted by atomic mass is 10.1. The molecule has 0 saturated heterocycles. The van der Waals surface area contributed by atoms with Crippen LogP contribution in [0.1, 0.15) is 13.8 Å². The Bertz CT molecular complexity index is 592. The van der Waals surface area contributed by atoms with Crippen molar-refractivity contribution in [2.45, 2.75) is 19.4 Å². The van der Waals surface area contributed by atoms with Crippen molar-refractivity contribution in [3.05, 3.63) is 22.2 Å². The first kappa shape index (κ1) is 12.2. The van der Waals surface area contributed by atoms with Crippen LogP contribution in [0.3, 0.4) is 0 Å². The summed E-state index contributed by atoms with van der Waals surface area (Å²) in [5.41, 5.74) is 6.18. The third-order valence-electron chi connectivity index (χ3n) is 2.57. The summed E-state index contributed by atoms with van der Waals surface area (Å²) in [7, 11) is 0. The fraction of sp³-hybridized carbons (Fsp3) is 0.400. The quantitative estimate of drug-likeness (QED) is 0.620. The first-order valence-electron chi connectivity index (χ1n) is 5.32. The van der Waals surface area contributed by atoms with E-state index in [2.05, 4.69) is 20.3 Å². The highest BCUT2D eigenvalue weighted by molar-refractivity contribution is 5.93. The van der Waals surface area contributed by atoms with Gasteiger partial charge in [-0.15, -0.1) is 0 Å². The molecule has 2 aromatic rings. The standard InChI is InChI=1S/C10H13N5O3/c1-10(2,5-11)12-6-3-4-7(15(16)17)9-8(6)13-18-14-9/h3-4,12H,5,11H2,1-2H3. The molecule has 96 valence electrons. The van der Waals surface area contributed by atoms with Gasteiger partial charge in [-0.25, -0.2) is 4.63 Å². The van der Waals surface area contributed by atoms with Crippen LogP contribution in [0.25, 0.3) is 11.0 Å². The molecule has 0 unspecified atom stereocenters. The molecule has 0 atom stereocenters. The van der Waals surface area contributed by atoms with Crippen LogP contribution in [-0.2, 0) is 0 Å². The van der Waals surface area contributed by atoms with Gasteiger partial charge in [0.1, 0.15) is 0 Å². The predicted octanol–water partition coefficient (Wildman–Crippen LogP) is 1.28. The van der Waals surface area contributed by atoms with E-state index in [9.17, 15) is 10.1 Å². The number of fused-ring (bicyclic) bond motifs is 1. The molecule has 1 aromatic carbocycles. The Balaban J connectivity index is 2.51. The summed E-state index contributed by atoms with van der Waals surface area (Å²) >= 11 is 0. The molecular formula is C10H13N5O3. The van der Waals surface area contributed by atoms with E-state index < -0.39 is 4.92 Å². The van der Waals surface area contributed by atoms with E-state index in [-0.39, 0.29) is 16.7 Å². The van der Waals surface area contributed by atoms with Crippen molar-refractivity contribution in [3.63, 3.8) is 0 Å². The Morgan fingerprint density at radius 1 is 1.44 bits per heavy atom. The summed E-state index contributed by atoms with van der Waals surface area (Å²) in [6.45, 7) is 4.22. The lowest BCUT2D eigenvalue weighted by Gasteiger charge is -2.25. The van der Waals surface area contributed by atoms with Crippen LogP contribution in [0.2, 0.25) is 0 Å². The number of benzene rings is 1. The first-order chi connectivity index (χ1) is 8.44. The average molecular weight is 251 g/mol. The Morgan fingerprint density at radius 2 is 2.11 bits per heavy atom. The second kappa shape index (κ2) is 4.22. The molecule has 1 heterocycles. The van der Waals surface area contributed by atoms with Crippen molar-refractivity contribution in [1.29, 1.82) is 0 Å². The molecular weight excluding hydrogens is 238 g/mol. The molecule has 0 aliphatic rings. The van der Waals surface area contributed by atoms with Crippen LogP contribution in [-0.4, -0.2) is 27.3 Å². The van der Waals surface area contributed by atoms with E-state index >= 15 is 0 Å². The highest BCUT2D eigenvalue weighted by atomic mass is 16.6. The van der Waals surface area contributed by atoms with Gasteiger partial charge in [-0.3, -0.25) is 10.1 Å². The predicted molar refractivity (Wildman–Crippen MR) is 65.2 cm³/mol. The highest BCUT2D eigenvalue weighted by Crippen LogP contribution is 2.30. The highest BCUT2D eigenvalue weighted by Gasteiger charge is 2.22. The fourth-order valence-corrected chi connectivity index (χ4v) is 1.52. The second-order valence-electron chi connectivity index (χ2n) is 4.56. The summed E-state index contributed by atoms with van der Waals surface area (Å²) in [6, 6.07) is 2.93. The van der Waals surface area contributed by atoms with Gasteiger partial charge in [-0.2, -0.15) is 0 Å². The molecule has 1 aromatic heterocycles. The molecule has 0 saturated carbocycles. The van der Waals surface area contributed by atoms with Gasteiger partial charge >= 0.3 is 5.69 Å². The van der Waals surface area contributed by atoms with Crippen molar-refractivity contribution in [2.75, 3.05) is 11.9 Å². The molecule has 0 aliphatic heterocycles. The maximum atomic E-state index is 10.8. The average Bonchev–Trinajstić information content (AvgIpc) is 2.78. The Kier molecular flexibility index (Phi) is 2.87. The van der Waals surface area contributed by atoms with Crippen LogP contribution in [0.15, 0.2) is 16.8 Å². The van der Waals surface area contributed by atoms with E-state index in [1.807, 2.05) is 13.8 Å². The molecule has 8 nitrogen and oxygen atoms in total. The summed E-state index contributed by atoms with van der Waals surface area (Å²) in [5, 5.41) is 21.2. The van der Waals surface area contributed by atoms with Crippen LogP contribution in [0.4, 0.5) is 11.4 Å². The van der Waals surface area contributed by atoms with Crippen LogP contribution in [0, 0.1) is 10.1 Å². The summed E-state index contributed by atoms with van der Waals surface area (Å²) in [6.07, 6.45) is 0. The topological polar surface area (TPSA) is 120 Å². The number of hydrogen-bond acceptors (Lipinski definition) is 7. The number of hydrogen-bond donors (Lipinski definition) is 2. The molecule has 0 bridgehead atoms. The van der Waals surface area contributed by atoms with Gasteiger partial charge in [-0.05, 0) is 30.2 Å². The normalized spacial score (nSPS) is 11.7. The Morgan fingerprint density at radius 3 is 2.72 bits per heavy atom. The van der Waals surface area contributed by atoms with Crippen molar-refractivity contribution in [1.82, 2.24) is 10.3 Å². The Hall–Kier alpha value is -2.22. The largest absolute Gasteiger partial charge is 0.377 e. The number of nitrogens with one attached hydrogen (secondary N) is 1. The minimum absolute atomic E-state index is 0.123. The minimum Gasteiger partial charge on any atom is -0.377 e. The zero-order valence-corrected chi connectivity index (χ0v) is 10.0. The smallest absolute Gasteiger partial charge is 0.300 e. The zero-order chi connectivity index (χ0) is 13.3. The van der Waals surface area contributed by atoms with Gasteiger partial charge in [0.15, 0.2) is 5.52 Å². The minimum atomic E-state index is -0.523. The molecule has 0 aliphatic carbocycles. The molecule has 0 fully saturated rings. The van der Waals surface area contributed by atoms with E-state index in [0.29, 0.717) is 17.7 Å². The number of nitro groups is 1. The maximum absolute atomic E-state index is 10.8. The fourth-order valence-electron chi connectivity index (χ4n) is 1.52. The monoisotopic (exact) mass is 251 g/mol. The number of nitro benzene ring substituents is 1. The van der Waals surface area contributed by atoms with Crippen molar-refractivity contribution in [3.8, 4) is 0 Å². The van der Waals surface area contributed by atoms with Crippen molar-refractivity contribution < 1.29 is 9.55 Å². The number of rotatable bonds is 4. The van der Waals surface area contributed by atoms with Crippen LogP contribution >= 0.6 is 0 Å². The molecule has 3 N–H and O–H groups in total. The number of nitrogens with zero attached hydrogens (tertiary/aromatic N) is 3. The molecule has 2 rings (SSSR count). The van der Waals surface area contributed by atoms with Gasteiger partial charge in [0.25, 0.3) is 0 Å².